The lowest BCUT2D eigenvalue weighted by Gasteiger charge is -2.36. The van der Waals surface area contributed by atoms with Crippen LogP contribution in [0.1, 0.15) is 18.9 Å². The second-order valence-electron chi connectivity index (χ2n) is 7.46. The number of benzene rings is 1. The number of likely N-dealkylation sites (tertiary alicyclic amines) is 1. The van der Waals surface area contributed by atoms with Crippen LogP contribution in [0.3, 0.4) is 0 Å². The predicted molar refractivity (Wildman–Crippen MR) is 115 cm³/mol. The molecule has 0 aliphatic carbocycles. The second-order valence-corrected chi connectivity index (χ2v) is 9.56. The topological polar surface area (TPSA) is 86.3 Å². The number of rotatable bonds is 8. The minimum atomic E-state index is -3.13. The fourth-order valence-electron chi connectivity index (χ4n) is 3.90. The van der Waals surface area contributed by atoms with Gasteiger partial charge in [-0.05, 0) is 18.9 Å². The largest absolute Gasteiger partial charge is 0.373 e. The first kappa shape index (κ1) is 22.0. The van der Waals surface area contributed by atoms with Crippen LogP contribution in [0.15, 0.2) is 35.3 Å². The van der Waals surface area contributed by atoms with Gasteiger partial charge in [-0.1, -0.05) is 30.3 Å². The number of aliphatic imine (C=N–C) groups is 1. The third-order valence-electron chi connectivity index (χ3n) is 5.49. The predicted octanol–water partition coefficient (Wildman–Crippen LogP) is 0.476. The van der Waals surface area contributed by atoms with Crippen molar-refractivity contribution in [2.24, 2.45) is 4.99 Å². The van der Waals surface area contributed by atoms with Crippen molar-refractivity contribution in [2.45, 2.75) is 32.0 Å². The maximum absolute atomic E-state index is 11.5. The average Bonchev–Trinajstić information content (AvgIpc) is 3.16. The highest BCUT2D eigenvalue weighted by Crippen LogP contribution is 2.24. The van der Waals surface area contributed by atoms with Crippen LogP contribution < -0.4 is 10.0 Å². The Balaban J connectivity index is 1.49. The van der Waals surface area contributed by atoms with Gasteiger partial charge in [-0.25, -0.2) is 13.1 Å². The Morgan fingerprint density at radius 2 is 2.03 bits per heavy atom. The van der Waals surface area contributed by atoms with Gasteiger partial charge in [0.25, 0.3) is 0 Å². The molecule has 0 bridgehead atoms. The quantitative estimate of drug-likeness (QED) is 0.359. The van der Waals surface area contributed by atoms with Crippen LogP contribution in [-0.2, 0) is 21.3 Å². The van der Waals surface area contributed by atoms with Crippen molar-refractivity contribution in [1.29, 1.82) is 0 Å². The Morgan fingerprint density at radius 3 is 2.76 bits per heavy atom. The zero-order chi connectivity index (χ0) is 20.7. The van der Waals surface area contributed by atoms with E-state index in [0.29, 0.717) is 25.6 Å². The summed E-state index contributed by atoms with van der Waals surface area (Å²) in [5, 5.41) is 3.36. The zero-order valence-electron chi connectivity index (χ0n) is 17.4. The highest BCUT2D eigenvalue weighted by molar-refractivity contribution is 7.89. The van der Waals surface area contributed by atoms with E-state index in [2.05, 4.69) is 49.1 Å². The highest BCUT2D eigenvalue weighted by atomic mass is 32.2. The van der Waals surface area contributed by atoms with Crippen LogP contribution in [0.2, 0.25) is 0 Å². The monoisotopic (exact) mass is 423 g/mol. The molecule has 9 heteroatoms. The Morgan fingerprint density at radius 1 is 1.24 bits per heavy atom. The molecular formula is C20H33N5O3S. The molecule has 0 amide bonds. The molecule has 2 unspecified atom stereocenters. The third-order valence-corrected chi connectivity index (χ3v) is 6.90. The lowest BCUT2D eigenvalue weighted by molar-refractivity contribution is -0.0502. The van der Waals surface area contributed by atoms with Crippen molar-refractivity contribution in [3.05, 3.63) is 35.9 Å². The minimum absolute atomic E-state index is 0.109. The molecule has 0 radical (unpaired) electrons. The standard InChI is InChI=1S/C20H33N5O3S/c1-3-29(26,27)23-11-7-10-22-20(21-2)25-15-18-19(16-25)28-13-12-24(18)14-17-8-5-4-6-9-17/h4-6,8-9,18-19,23H,3,7,10-16H2,1-2H3,(H,21,22). The minimum Gasteiger partial charge on any atom is -0.373 e. The van der Waals surface area contributed by atoms with Gasteiger partial charge in [-0.15, -0.1) is 0 Å². The van der Waals surface area contributed by atoms with E-state index in [1.165, 1.54) is 5.56 Å². The van der Waals surface area contributed by atoms with Gasteiger partial charge in [0.05, 0.1) is 24.5 Å². The van der Waals surface area contributed by atoms with Crippen LogP contribution in [0.4, 0.5) is 0 Å². The molecule has 2 N–H and O–H groups in total. The lowest BCUT2D eigenvalue weighted by Crippen LogP contribution is -2.50. The molecule has 1 aromatic carbocycles. The lowest BCUT2D eigenvalue weighted by atomic mass is 10.1. The summed E-state index contributed by atoms with van der Waals surface area (Å²) in [5.41, 5.74) is 1.32. The summed E-state index contributed by atoms with van der Waals surface area (Å²) in [6, 6.07) is 10.9. The van der Waals surface area contributed by atoms with Crippen molar-refractivity contribution in [1.82, 2.24) is 19.8 Å². The van der Waals surface area contributed by atoms with Gasteiger partial charge in [0, 0.05) is 46.3 Å². The van der Waals surface area contributed by atoms with Crippen LogP contribution >= 0.6 is 0 Å². The molecule has 8 nitrogen and oxygen atoms in total. The first-order valence-corrected chi connectivity index (χ1v) is 12.0. The fraction of sp³-hybridized carbons (Fsp3) is 0.650. The highest BCUT2D eigenvalue weighted by Gasteiger charge is 2.41. The molecule has 2 aliphatic rings. The molecule has 1 aromatic rings. The summed E-state index contributed by atoms with van der Waals surface area (Å²) in [6.45, 7) is 7.05. The van der Waals surface area contributed by atoms with E-state index in [1.54, 1.807) is 14.0 Å². The van der Waals surface area contributed by atoms with Gasteiger partial charge in [-0.2, -0.15) is 0 Å². The van der Waals surface area contributed by atoms with Gasteiger partial charge in [0.1, 0.15) is 0 Å². The molecule has 0 spiro atoms. The number of morpholine rings is 1. The number of nitrogens with zero attached hydrogens (tertiary/aromatic N) is 3. The molecule has 162 valence electrons. The number of hydrogen-bond donors (Lipinski definition) is 2. The molecule has 2 aliphatic heterocycles. The molecule has 3 rings (SSSR count). The van der Waals surface area contributed by atoms with E-state index >= 15 is 0 Å². The normalized spacial score (nSPS) is 23.2. The molecule has 2 atom stereocenters. The first-order valence-electron chi connectivity index (χ1n) is 10.3. The number of sulfonamides is 1. The third kappa shape index (κ3) is 6.15. The Bertz CT molecular complexity index is 772. The molecule has 0 saturated carbocycles. The zero-order valence-corrected chi connectivity index (χ0v) is 18.2. The number of fused-ring (bicyclic) bond motifs is 1. The number of ether oxygens (including phenoxy) is 1. The van der Waals surface area contributed by atoms with Crippen molar-refractivity contribution in [3.63, 3.8) is 0 Å². The number of guanidine groups is 1. The second kappa shape index (κ2) is 10.4. The molecule has 2 fully saturated rings. The molecule has 2 heterocycles. The van der Waals surface area contributed by atoms with Gasteiger partial charge >= 0.3 is 0 Å². The van der Waals surface area contributed by atoms with E-state index < -0.39 is 10.0 Å². The van der Waals surface area contributed by atoms with Crippen LogP contribution in [-0.4, -0.2) is 88.5 Å². The number of nitrogens with one attached hydrogen (secondary N) is 2. The van der Waals surface area contributed by atoms with Crippen molar-refractivity contribution >= 4 is 16.0 Å². The SMILES string of the molecule is CCS(=O)(=O)NCCCNC(=NC)N1CC2OCCN(Cc3ccccc3)C2C1. The van der Waals surface area contributed by atoms with Gasteiger partial charge < -0.3 is 15.0 Å². The number of hydrogen-bond acceptors (Lipinski definition) is 5. The van der Waals surface area contributed by atoms with E-state index in [4.69, 9.17) is 4.74 Å². The maximum Gasteiger partial charge on any atom is 0.211 e. The summed E-state index contributed by atoms with van der Waals surface area (Å²) in [4.78, 5) is 9.17. The summed E-state index contributed by atoms with van der Waals surface area (Å²) < 4.78 is 31.6. The maximum atomic E-state index is 11.5. The smallest absolute Gasteiger partial charge is 0.211 e. The van der Waals surface area contributed by atoms with Gasteiger partial charge in [-0.3, -0.25) is 9.89 Å². The summed E-state index contributed by atoms with van der Waals surface area (Å²) >= 11 is 0. The summed E-state index contributed by atoms with van der Waals surface area (Å²) in [7, 11) is -1.34. The Labute approximate surface area is 174 Å². The molecule has 2 saturated heterocycles. The van der Waals surface area contributed by atoms with Crippen molar-refractivity contribution < 1.29 is 13.2 Å². The Hall–Kier alpha value is -1.68. The fourth-order valence-corrected chi connectivity index (χ4v) is 4.56. The molecule has 29 heavy (non-hydrogen) atoms. The Kier molecular flexibility index (Phi) is 7.88. The van der Waals surface area contributed by atoms with Gasteiger partial charge in [0.2, 0.25) is 10.0 Å². The first-order chi connectivity index (χ1) is 14.0. The van der Waals surface area contributed by atoms with E-state index in [0.717, 1.165) is 38.7 Å². The summed E-state index contributed by atoms with van der Waals surface area (Å²) in [6.07, 6.45) is 0.887. The summed E-state index contributed by atoms with van der Waals surface area (Å²) in [5.74, 6) is 0.957. The average molecular weight is 424 g/mol. The van der Waals surface area contributed by atoms with E-state index in [-0.39, 0.29) is 11.9 Å². The van der Waals surface area contributed by atoms with Crippen LogP contribution in [0.5, 0.6) is 0 Å². The van der Waals surface area contributed by atoms with E-state index in [9.17, 15) is 8.42 Å². The molecule has 0 aromatic heterocycles. The van der Waals surface area contributed by atoms with Gasteiger partial charge in [0.15, 0.2) is 5.96 Å². The molecular weight excluding hydrogens is 390 g/mol. The van der Waals surface area contributed by atoms with Crippen LogP contribution in [0.25, 0.3) is 0 Å². The van der Waals surface area contributed by atoms with Crippen LogP contribution in [0, 0.1) is 0 Å². The van der Waals surface area contributed by atoms with E-state index in [1.807, 2.05) is 6.07 Å². The van der Waals surface area contributed by atoms with Crippen molar-refractivity contribution in [3.8, 4) is 0 Å². The van der Waals surface area contributed by atoms with Crippen molar-refractivity contribution in [2.75, 3.05) is 52.1 Å².